The Hall–Kier alpha value is -2.67. The van der Waals surface area contributed by atoms with Crippen LogP contribution in [-0.2, 0) is 0 Å². The van der Waals surface area contributed by atoms with Gasteiger partial charge in [0.25, 0.3) is 0 Å². The van der Waals surface area contributed by atoms with E-state index >= 15 is 0 Å². The van der Waals surface area contributed by atoms with Crippen LogP contribution >= 0.6 is 12.2 Å². The molecule has 0 atom stereocenters. The molecule has 2 aromatic carbocycles. The Labute approximate surface area is 132 Å². The number of nitrogens with one attached hydrogen (secondary N) is 2. The lowest BCUT2D eigenvalue weighted by Crippen LogP contribution is -2.23. The van der Waals surface area contributed by atoms with Crippen LogP contribution in [0.2, 0.25) is 0 Å². The van der Waals surface area contributed by atoms with Gasteiger partial charge in [0.1, 0.15) is 5.82 Å². The van der Waals surface area contributed by atoms with E-state index in [1.807, 2.05) is 0 Å². The SMILES string of the molecule is COc1cccc(/C=N/NC(=S)Nc2cccc(F)c2)c1O. The number of rotatable bonds is 4. The molecular weight excluding hydrogens is 305 g/mol. The first-order valence-corrected chi connectivity index (χ1v) is 6.72. The third-order valence-electron chi connectivity index (χ3n) is 2.70. The molecule has 0 unspecified atom stereocenters. The average Bonchev–Trinajstić information content (AvgIpc) is 2.49. The van der Waals surface area contributed by atoms with Gasteiger partial charge in [0, 0.05) is 11.3 Å². The van der Waals surface area contributed by atoms with Gasteiger partial charge in [-0.05, 0) is 42.5 Å². The number of hydrogen-bond acceptors (Lipinski definition) is 4. The van der Waals surface area contributed by atoms with Crippen LogP contribution < -0.4 is 15.5 Å². The molecular formula is C15H14FN3O2S. The number of hydrazone groups is 1. The molecule has 5 nitrogen and oxygen atoms in total. The molecule has 7 heteroatoms. The lowest BCUT2D eigenvalue weighted by Gasteiger charge is -2.07. The Kier molecular flexibility index (Phi) is 5.26. The summed E-state index contributed by atoms with van der Waals surface area (Å²) in [5.74, 6) is -0.0263. The van der Waals surface area contributed by atoms with Crippen molar-refractivity contribution < 1.29 is 14.2 Å². The minimum absolute atomic E-state index is 0.0143. The number of ether oxygens (including phenoxy) is 1. The number of para-hydroxylation sites is 1. The van der Waals surface area contributed by atoms with E-state index in [1.165, 1.54) is 25.5 Å². The molecule has 0 aliphatic rings. The fourth-order valence-corrected chi connectivity index (χ4v) is 1.86. The summed E-state index contributed by atoms with van der Waals surface area (Å²) in [7, 11) is 1.46. The summed E-state index contributed by atoms with van der Waals surface area (Å²) in [6.45, 7) is 0. The molecule has 0 aromatic heterocycles. The number of halogens is 1. The summed E-state index contributed by atoms with van der Waals surface area (Å²) in [6, 6.07) is 10.9. The number of aromatic hydroxyl groups is 1. The van der Waals surface area contributed by atoms with Crippen LogP contribution in [0.5, 0.6) is 11.5 Å². The maximum absolute atomic E-state index is 13.0. The summed E-state index contributed by atoms with van der Waals surface area (Å²) in [5.41, 5.74) is 3.56. The summed E-state index contributed by atoms with van der Waals surface area (Å²) in [6.07, 6.45) is 1.40. The highest BCUT2D eigenvalue weighted by molar-refractivity contribution is 7.80. The number of hydrogen-bond donors (Lipinski definition) is 3. The number of phenolic OH excluding ortho intramolecular Hbond substituents is 1. The smallest absolute Gasteiger partial charge is 0.191 e. The van der Waals surface area contributed by atoms with Crippen molar-refractivity contribution in [2.75, 3.05) is 12.4 Å². The summed E-state index contributed by atoms with van der Waals surface area (Å²) < 4.78 is 18.0. The predicted molar refractivity (Wildman–Crippen MR) is 88.0 cm³/mol. The van der Waals surface area contributed by atoms with Crippen molar-refractivity contribution in [3.05, 3.63) is 53.8 Å². The average molecular weight is 319 g/mol. The molecule has 3 N–H and O–H groups in total. The zero-order valence-corrected chi connectivity index (χ0v) is 12.5. The fraction of sp³-hybridized carbons (Fsp3) is 0.0667. The van der Waals surface area contributed by atoms with Gasteiger partial charge in [0.05, 0.1) is 13.3 Å². The van der Waals surface area contributed by atoms with Crippen molar-refractivity contribution in [3.63, 3.8) is 0 Å². The summed E-state index contributed by atoms with van der Waals surface area (Å²) >= 11 is 5.03. The van der Waals surface area contributed by atoms with Gasteiger partial charge in [-0.25, -0.2) is 4.39 Å². The van der Waals surface area contributed by atoms with Crippen molar-refractivity contribution in [2.45, 2.75) is 0 Å². The maximum Gasteiger partial charge on any atom is 0.191 e. The first kappa shape index (κ1) is 15.7. The number of thiocarbonyl (C=S) groups is 1. The van der Waals surface area contributed by atoms with Gasteiger partial charge in [-0.3, -0.25) is 5.43 Å². The molecule has 0 amide bonds. The fourth-order valence-electron chi connectivity index (χ4n) is 1.69. The molecule has 0 aliphatic heterocycles. The van der Waals surface area contributed by atoms with Crippen molar-refractivity contribution in [2.24, 2.45) is 5.10 Å². The van der Waals surface area contributed by atoms with E-state index in [9.17, 15) is 9.50 Å². The van der Waals surface area contributed by atoms with E-state index in [4.69, 9.17) is 17.0 Å². The Morgan fingerprint density at radius 3 is 2.82 bits per heavy atom. The third-order valence-corrected chi connectivity index (χ3v) is 2.90. The van der Waals surface area contributed by atoms with Gasteiger partial charge in [-0.15, -0.1) is 0 Å². The number of anilines is 1. The molecule has 2 rings (SSSR count). The van der Waals surface area contributed by atoms with E-state index in [0.29, 0.717) is 17.0 Å². The molecule has 0 saturated carbocycles. The second-order valence-electron chi connectivity index (χ2n) is 4.23. The Bertz CT molecular complexity index is 707. The zero-order chi connectivity index (χ0) is 15.9. The minimum Gasteiger partial charge on any atom is -0.504 e. The molecule has 0 fully saturated rings. The largest absolute Gasteiger partial charge is 0.504 e. The predicted octanol–water partition coefficient (Wildman–Crippen LogP) is 2.86. The van der Waals surface area contributed by atoms with Gasteiger partial charge >= 0.3 is 0 Å². The Morgan fingerprint density at radius 1 is 1.32 bits per heavy atom. The molecule has 2 aromatic rings. The Morgan fingerprint density at radius 2 is 2.09 bits per heavy atom. The van der Waals surface area contributed by atoms with Gasteiger partial charge in [-0.2, -0.15) is 5.10 Å². The molecule has 114 valence electrons. The second-order valence-corrected chi connectivity index (χ2v) is 4.64. The monoisotopic (exact) mass is 319 g/mol. The van der Waals surface area contributed by atoms with Crippen LogP contribution in [0.15, 0.2) is 47.6 Å². The number of nitrogens with zero attached hydrogens (tertiary/aromatic N) is 1. The van der Waals surface area contributed by atoms with Crippen LogP contribution in [0, 0.1) is 5.82 Å². The molecule has 0 heterocycles. The topological polar surface area (TPSA) is 65.9 Å². The molecule has 22 heavy (non-hydrogen) atoms. The van der Waals surface area contributed by atoms with Crippen molar-refractivity contribution in [1.82, 2.24) is 5.43 Å². The number of methoxy groups -OCH3 is 1. The van der Waals surface area contributed by atoms with Crippen molar-refractivity contribution in [1.29, 1.82) is 0 Å². The van der Waals surface area contributed by atoms with Crippen LogP contribution in [0.25, 0.3) is 0 Å². The standard InChI is InChI=1S/C15H14FN3O2S/c1-21-13-7-2-4-10(14(13)20)9-17-19-15(22)18-12-6-3-5-11(16)8-12/h2-9,20H,1H3,(H2,18,19,22)/b17-9+. The highest BCUT2D eigenvalue weighted by atomic mass is 32.1. The van der Waals surface area contributed by atoms with Crippen LogP contribution in [0.3, 0.4) is 0 Å². The third kappa shape index (κ3) is 4.16. The minimum atomic E-state index is -0.363. The first-order valence-electron chi connectivity index (χ1n) is 6.31. The van der Waals surface area contributed by atoms with Gasteiger partial charge in [-0.1, -0.05) is 12.1 Å². The van der Waals surface area contributed by atoms with E-state index in [2.05, 4.69) is 15.8 Å². The molecule has 0 bridgehead atoms. The van der Waals surface area contributed by atoms with Crippen LogP contribution in [-0.4, -0.2) is 23.5 Å². The second kappa shape index (κ2) is 7.37. The highest BCUT2D eigenvalue weighted by Crippen LogP contribution is 2.27. The Balaban J connectivity index is 1.96. The zero-order valence-electron chi connectivity index (χ0n) is 11.7. The maximum atomic E-state index is 13.0. The molecule has 0 saturated heterocycles. The molecule has 0 aliphatic carbocycles. The lowest BCUT2D eigenvalue weighted by molar-refractivity contribution is 0.373. The highest BCUT2D eigenvalue weighted by Gasteiger charge is 2.04. The van der Waals surface area contributed by atoms with Gasteiger partial charge < -0.3 is 15.2 Å². The summed E-state index contributed by atoms with van der Waals surface area (Å²) in [4.78, 5) is 0. The number of benzene rings is 2. The normalized spacial score (nSPS) is 10.5. The van der Waals surface area contributed by atoms with Crippen LogP contribution in [0.1, 0.15) is 5.56 Å². The summed E-state index contributed by atoms with van der Waals surface area (Å²) in [5, 5.41) is 16.8. The number of phenols is 1. The van der Waals surface area contributed by atoms with E-state index in [0.717, 1.165) is 0 Å². The molecule has 0 spiro atoms. The first-order chi connectivity index (χ1) is 10.6. The van der Waals surface area contributed by atoms with Crippen molar-refractivity contribution in [3.8, 4) is 11.5 Å². The van der Waals surface area contributed by atoms with Gasteiger partial charge in [0.15, 0.2) is 16.6 Å². The quantitative estimate of drug-likeness (QED) is 0.459. The van der Waals surface area contributed by atoms with Crippen LogP contribution in [0.4, 0.5) is 10.1 Å². The lowest BCUT2D eigenvalue weighted by atomic mass is 10.2. The van der Waals surface area contributed by atoms with E-state index in [-0.39, 0.29) is 16.7 Å². The van der Waals surface area contributed by atoms with E-state index < -0.39 is 0 Å². The van der Waals surface area contributed by atoms with E-state index in [1.54, 1.807) is 30.3 Å². The molecule has 0 radical (unpaired) electrons. The van der Waals surface area contributed by atoms with Crippen molar-refractivity contribution >= 4 is 29.2 Å². The van der Waals surface area contributed by atoms with Gasteiger partial charge in [0.2, 0.25) is 0 Å².